The van der Waals surface area contributed by atoms with E-state index in [4.69, 9.17) is 0 Å². The van der Waals surface area contributed by atoms with Crippen molar-refractivity contribution in [3.8, 4) is 0 Å². The number of rotatable bonds is 1. The molecule has 2 fully saturated rings. The Balaban J connectivity index is 1.82. The van der Waals surface area contributed by atoms with Gasteiger partial charge in [-0.25, -0.2) is 0 Å². The molecule has 2 atom stereocenters. The Bertz CT molecular complexity index is 437. The van der Waals surface area contributed by atoms with Crippen LogP contribution in [-0.2, 0) is 0 Å². The quantitative estimate of drug-likeness (QED) is 0.694. The molecule has 0 spiro atoms. The number of pyridine rings is 1. The van der Waals surface area contributed by atoms with E-state index >= 15 is 0 Å². The van der Waals surface area contributed by atoms with Gasteiger partial charge < -0.3 is 4.90 Å². The van der Waals surface area contributed by atoms with Gasteiger partial charge in [-0.15, -0.1) is 0 Å². The number of likely N-dealkylation sites (tertiary alicyclic amines) is 1. The highest BCUT2D eigenvalue weighted by Gasteiger charge is 2.51. The van der Waals surface area contributed by atoms with Gasteiger partial charge >= 0.3 is 0 Å². The fourth-order valence-corrected chi connectivity index (χ4v) is 3.11. The van der Waals surface area contributed by atoms with Crippen molar-refractivity contribution in [2.24, 2.45) is 0 Å². The third-order valence-electron chi connectivity index (χ3n) is 3.88. The largest absolute Gasteiger partial charge is 0.329 e. The molecular formula is C14H18N2O. The summed E-state index contributed by atoms with van der Waals surface area (Å²) in [5.41, 5.74) is 2.67. The number of amides is 1. The van der Waals surface area contributed by atoms with Crippen molar-refractivity contribution >= 4 is 5.91 Å². The zero-order valence-corrected chi connectivity index (χ0v) is 10.4. The average Bonchev–Trinajstić information content (AvgIpc) is 3.00. The van der Waals surface area contributed by atoms with Crippen LogP contribution in [0.25, 0.3) is 0 Å². The van der Waals surface area contributed by atoms with Crippen molar-refractivity contribution in [1.29, 1.82) is 0 Å². The Morgan fingerprint density at radius 3 is 2.24 bits per heavy atom. The predicted octanol–water partition coefficient (Wildman–Crippen LogP) is 2.47. The molecule has 1 amide bonds. The Morgan fingerprint density at radius 1 is 1.18 bits per heavy atom. The molecule has 1 aromatic heterocycles. The first-order chi connectivity index (χ1) is 8.16. The molecule has 3 nitrogen and oxygen atoms in total. The molecule has 90 valence electrons. The zero-order valence-electron chi connectivity index (χ0n) is 10.4. The first-order valence-electron chi connectivity index (χ1n) is 6.45. The second kappa shape index (κ2) is 3.83. The van der Waals surface area contributed by atoms with E-state index in [1.807, 2.05) is 26.0 Å². The summed E-state index contributed by atoms with van der Waals surface area (Å²) in [6.07, 6.45) is 4.94. The van der Waals surface area contributed by atoms with Gasteiger partial charge in [-0.1, -0.05) is 12.8 Å². The third-order valence-corrected chi connectivity index (χ3v) is 3.88. The van der Waals surface area contributed by atoms with Crippen molar-refractivity contribution in [2.75, 3.05) is 0 Å². The number of carbonyl (C=O) groups excluding carboxylic acids is 1. The Kier molecular flexibility index (Phi) is 2.42. The van der Waals surface area contributed by atoms with E-state index in [1.54, 1.807) is 0 Å². The molecule has 2 heterocycles. The van der Waals surface area contributed by atoms with Gasteiger partial charge in [0.25, 0.3) is 5.91 Å². The molecule has 2 aliphatic rings. The lowest BCUT2D eigenvalue weighted by Crippen LogP contribution is -2.15. The number of nitrogens with zero attached hydrogens (tertiary/aromatic N) is 2. The SMILES string of the molecule is Cc1cc(C(=O)N2C3CCCCC32)cc(C)n1. The molecule has 0 radical (unpaired) electrons. The van der Waals surface area contributed by atoms with E-state index < -0.39 is 0 Å². The van der Waals surface area contributed by atoms with Gasteiger partial charge in [0.1, 0.15) is 0 Å². The summed E-state index contributed by atoms with van der Waals surface area (Å²) in [6, 6.07) is 4.87. The lowest BCUT2D eigenvalue weighted by molar-refractivity contribution is 0.0864. The van der Waals surface area contributed by atoms with Gasteiger partial charge in [0, 0.05) is 17.0 Å². The summed E-state index contributed by atoms with van der Waals surface area (Å²) >= 11 is 0. The van der Waals surface area contributed by atoms with Crippen LogP contribution in [0.15, 0.2) is 12.1 Å². The molecule has 1 aliphatic heterocycles. The van der Waals surface area contributed by atoms with E-state index in [1.165, 1.54) is 25.7 Å². The van der Waals surface area contributed by atoms with Crippen LogP contribution in [0.4, 0.5) is 0 Å². The van der Waals surface area contributed by atoms with E-state index in [0.29, 0.717) is 12.1 Å². The summed E-state index contributed by atoms with van der Waals surface area (Å²) in [7, 11) is 0. The molecule has 0 N–H and O–H groups in total. The van der Waals surface area contributed by atoms with Crippen molar-refractivity contribution in [2.45, 2.75) is 51.6 Å². The van der Waals surface area contributed by atoms with Crippen LogP contribution in [0, 0.1) is 13.8 Å². The maximum absolute atomic E-state index is 12.4. The normalized spacial score (nSPS) is 26.6. The molecule has 3 heteroatoms. The van der Waals surface area contributed by atoms with Crippen LogP contribution in [0.5, 0.6) is 0 Å². The second-order valence-corrected chi connectivity index (χ2v) is 5.27. The van der Waals surface area contributed by atoms with E-state index in [-0.39, 0.29) is 5.91 Å². The van der Waals surface area contributed by atoms with Gasteiger partial charge in [0.15, 0.2) is 0 Å². The number of hydrogen-bond acceptors (Lipinski definition) is 2. The third kappa shape index (κ3) is 1.84. The Labute approximate surface area is 102 Å². The average molecular weight is 230 g/mol. The zero-order chi connectivity index (χ0) is 12.0. The molecule has 17 heavy (non-hydrogen) atoms. The standard InChI is InChI=1S/C14H18N2O/c1-9-7-11(8-10(2)15-9)14(17)16-12-5-3-4-6-13(12)16/h7-8,12-13H,3-6H2,1-2H3. The molecular weight excluding hydrogens is 212 g/mol. The number of carbonyl (C=O) groups is 1. The van der Waals surface area contributed by atoms with E-state index in [2.05, 4.69) is 9.88 Å². The molecule has 1 saturated heterocycles. The van der Waals surface area contributed by atoms with Crippen LogP contribution in [0.3, 0.4) is 0 Å². The van der Waals surface area contributed by atoms with Crippen LogP contribution in [-0.4, -0.2) is 27.9 Å². The summed E-state index contributed by atoms with van der Waals surface area (Å²) < 4.78 is 0. The van der Waals surface area contributed by atoms with Crippen LogP contribution >= 0.6 is 0 Å². The molecule has 1 aromatic rings. The van der Waals surface area contributed by atoms with E-state index in [0.717, 1.165) is 17.0 Å². The Morgan fingerprint density at radius 2 is 1.71 bits per heavy atom. The summed E-state index contributed by atoms with van der Waals surface area (Å²) in [6.45, 7) is 3.89. The highest BCUT2D eigenvalue weighted by Crippen LogP contribution is 2.41. The van der Waals surface area contributed by atoms with Gasteiger partial charge in [-0.2, -0.15) is 0 Å². The maximum Gasteiger partial charge on any atom is 0.254 e. The number of fused-ring (bicyclic) bond motifs is 1. The lowest BCUT2D eigenvalue weighted by atomic mass is 10.0. The van der Waals surface area contributed by atoms with Crippen molar-refractivity contribution in [3.63, 3.8) is 0 Å². The predicted molar refractivity (Wildman–Crippen MR) is 65.9 cm³/mol. The molecule has 0 bridgehead atoms. The van der Waals surface area contributed by atoms with Crippen molar-refractivity contribution in [3.05, 3.63) is 29.1 Å². The topological polar surface area (TPSA) is 33.0 Å². The number of aromatic nitrogens is 1. The van der Waals surface area contributed by atoms with Crippen LogP contribution < -0.4 is 0 Å². The fraction of sp³-hybridized carbons (Fsp3) is 0.571. The minimum absolute atomic E-state index is 0.204. The van der Waals surface area contributed by atoms with Crippen LogP contribution in [0.2, 0.25) is 0 Å². The first kappa shape index (κ1) is 10.8. The monoisotopic (exact) mass is 230 g/mol. The summed E-state index contributed by atoms with van der Waals surface area (Å²) in [4.78, 5) is 18.8. The maximum atomic E-state index is 12.4. The highest BCUT2D eigenvalue weighted by atomic mass is 16.2. The summed E-state index contributed by atoms with van der Waals surface area (Å²) in [5.74, 6) is 0.204. The Hall–Kier alpha value is -1.38. The number of aryl methyl sites for hydroxylation is 2. The van der Waals surface area contributed by atoms with E-state index in [9.17, 15) is 4.79 Å². The van der Waals surface area contributed by atoms with Gasteiger partial charge in [-0.05, 0) is 38.8 Å². The first-order valence-corrected chi connectivity index (χ1v) is 6.45. The van der Waals surface area contributed by atoms with Crippen LogP contribution in [0.1, 0.15) is 47.4 Å². The smallest absolute Gasteiger partial charge is 0.254 e. The molecule has 1 saturated carbocycles. The molecule has 2 unspecified atom stereocenters. The fourth-order valence-electron chi connectivity index (χ4n) is 3.11. The van der Waals surface area contributed by atoms with Gasteiger partial charge in [0.05, 0.1) is 12.1 Å². The molecule has 3 rings (SSSR count). The minimum atomic E-state index is 0.204. The second-order valence-electron chi connectivity index (χ2n) is 5.27. The van der Waals surface area contributed by atoms with Crippen molar-refractivity contribution < 1.29 is 4.79 Å². The molecule has 0 aromatic carbocycles. The lowest BCUT2D eigenvalue weighted by Gasteiger charge is -2.06. The molecule has 1 aliphatic carbocycles. The van der Waals surface area contributed by atoms with Crippen molar-refractivity contribution in [1.82, 2.24) is 9.88 Å². The minimum Gasteiger partial charge on any atom is -0.329 e. The van der Waals surface area contributed by atoms with Gasteiger partial charge in [0.2, 0.25) is 0 Å². The van der Waals surface area contributed by atoms with Gasteiger partial charge in [-0.3, -0.25) is 9.78 Å². The highest BCUT2D eigenvalue weighted by molar-refractivity contribution is 5.96. The number of hydrogen-bond donors (Lipinski definition) is 0. The summed E-state index contributed by atoms with van der Waals surface area (Å²) in [5, 5.41) is 0.